The van der Waals surface area contributed by atoms with Crippen LogP contribution in [0.15, 0.2) is 36.5 Å². The lowest BCUT2D eigenvalue weighted by atomic mass is 9.85. The third-order valence-corrected chi connectivity index (χ3v) is 6.25. The van der Waals surface area contributed by atoms with Crippen LogP contribution < -0.4 is 15.5 Å². The highest BCUT2D eigenvalue weighted by molar-refractivity contribution is 6.07. The number of rotatable bonds is 5. The summed E-state index contributed by atoms with van der Waals surface area (Å²) in [6.07, 6.45) is 3.10. The molecule has 4 amide bonds. The predicted molar refractivity (Wildman–Crippen MR) is 122 cm³/mol. The van der Waals surface area contributed by atoms with E-state index in [1.807, 2.05) is 24.9 Å². The molecule has 1 aromatic heterocycles. The number of pyridine rings is 1. The summed E-state index contributed by atoms with van der Waals surface area (Å²) in [5.74, 6) is 0.596. The van der Waals surface area contributed by atoms with Crippen molar-refractivity contribution in [3.8, 4) is 0 Å². The van der Waals surface area contributed by atoms with Gasteiger partial charge in [-0.25, -0.2) is 9.78 Å². The SMILES string of the molecule is CCC[C@@]1(c2ccc(C(=O)N3CCN(c4ncc(C)cc4C)CC3)cc2)NC(=O)NC1=O. The minimum absolute atomic E-state index is 0.0331. The smallest absolute Gasteiger partial charge is 0.322 e. The molecule has 0 spiro atoms. The topological polar surface area (TPSA) is 94.6 Å². The number of urea groups is 1. The summed E-state index contributed by atoms with van der Waals surface area (Å²) in [5, 5.41) is 5.10. The van der Waals surface area contributed by atoms with Crippen molar-refractivity contribution in [2.24, 2.45) is 0 Å². The Bertz CT molecular complexity index is 1040. The van der Waals surface area contributed by atoms with Gasteiger partial charge < -0.3 is 15.1 Å². The lowest BCUT2D eigenvalue weighted by Gasteiger charge is -2.36. The third-order valence-electron chi connectivity index (χ3n) is 6.25. The molecular formula is C24H29N5O3. The molecule has 1 aromatic carbocycles. The maximum atomic E-state index is 13.1. The minimum atomic E-state index is -1.07. The number of hydrogen-bond donors (Lipinski definition) is 2. The van der Waals surface area contributed by atoms with Crippen molar-refractivity contribution in [1.29, 1.82) is 0 Å². The van der Waals surface area contributed by atoms with Crippen LogP contribution in [-0.2, 0) is 10.3 Å². The molecule has 168 valence electrons. The molecule has 2 aliphatic heterocycles. The fourth-order valence-electron chi connectivity index (χ4n) is 4.63. The first-order chi connectivity index (χ1) is 15.3. The van der Waals surface area contributed by atoms with Gasteiger partial charge in [0.2, 0.25) is 0 Å². The molecule has 2 saturated heterocycles. The van der Waals surface area contributed by atoms with Crippen LogP contribution in [0.4, 0.5) is 10.6 Å². The largest absolute Gasteiger partial charge is 0.353 e. The first-order valence-corrected chi connectivity index (χ1v) is 11.1. The summed E-state index contributed by atoms with van der Waals surface area (Å²) in [7, 11) is 0. The van der Waals surface area contributed by atoms with E-state index in [-0.39, 0.29) is 11.8 Å². The number of benzene rings is 1. The van der Waals surface area contributed by atoms with Gasteiger partial charge in [-0.3, -0.25) is 14.9 Å². The molecule has 2 N–H and O–H groups in total. The Kier molecular flexibility index (Phi) is 5.86. The Hall–Kier alpha value is -3.42. The zero-order chi connectivity index (χ0) is 22.9. The molecule has 8 nitrogen and oxygen atoms in total. The van der Waals surface area contributed by atoms with E-state index in [4.69, 9.17) is 0 Å². The zero-order valence-corrected chi connectivity index (χ0v) is 18.8. The number of nitrogens with one attached hydrogen (secondary N) is 2. The van der Waals surface area contributed by atoms with E-state index in [1.54, 1.807) is 24.3 Å². The maximum absolute atomic E-state index is 13.1. The molecule has 8 heteroatoms. The average Bonchev–Trinajstić information content (AvgIpc) is 3.07. The van der Waals surface area contributed by atoms with Crippen LogP contribution in [-0.4, -0.2) is 53.9 Å². The average molecular weight is 436 g/mol. The molecule has 2 aliphatic rings. The van der Waals surface area contributed by atoms with Crippen LogP contribution in [0.2, 0.25) is 0 Å². The monoisotopic (exact) mass is 435 g/mol. The molecule has 2 aromatic rings. The maximum Gasteiger partial charge on any atom is 0.322 e. The minimum Gasteiger partial charge on any atom is -0.353 e. The van der Waals surface area contributed by atoms with Gasteiger partial charge in [0, 0.05) is 37.9 Å². The Balaban J connectivity index is 1.44. The molecule has 3 heterocycles. The highest BCUT2D eigenvalue weighted by Gasteiger charge is 2.46. The van der Waals surface area contributed by atoms with Gasteiger partial charge in [0.1, 0.15) is 11.4 Å². The Morgan fingerprint density at radius 3 is 2.34 bits per heavy atom. The number of piperazine rings is 1. The van der Waals surface area contributed by atoms with Crippen molar-refractivity contribution in [1.82, 2.24) is 20.5 Å². The number of carbonyl (C=O) groups is 3. The highest BCUT2D eigenvalue weighted by Crippen LogP contribution is 2.30. The lowest BCUT2D eigenvalue weighted by molar-refractivity contribution is -0.124. The summed E-state index contributed by atoms with van der Waals surface area (Å²) in [6.45, 7) is 8.75. The second kappa shape index (κ2) is 8.61. The molecular weight excluding hydrogens is 406 g/mol. The van der Waals surface area contributed by atoms with Crippen LogP contribution in [0.5, 0.6) is 0 Å². The number of amides is 4. The lowest BCUT2D eigenvalue weighted by Crippen LogP contribution is -2.49. The molecule has 0 saturated carbocycles. The number of imide groups is 1. The molecule has 0 bridgehead atoms. The van der Waals surface area contributed by atoms with Crippen molar-refractivity contribution in [2.45, 2.75) is 39.2 Å². The Morgan fingerprint density at radius 2 is 1.78 bits per heavy atom. The van der Waals surface area contributed by atoms with Gasteiger partial charge in [-0.1, -0.05) is 31.5 Å². The number of anilines is 1. The van der Waals surface area contributed by atoms with Gasteiger partial charge in [0.25, 0.3) is 11.8 Å². The van der Waals surface area contributed by atoms with Gasteiger partial charge >= 0.3 is 6.03 Å². The third kappa shape index (κ3) is 3.92. The van der Waals surface area contributed by atoms with Crippen LogP contribution in [0.1, 0.15) is 46.8 Å². The number of carbonyl (C=O) groups excluding carboxylic acids is 3. The van der Waals surface area contributed by atoms with E-state index in [9.17, 15) is 14.4 Å². The van der Waals surface area contributed by atoms with E-state index in [0.29, 0.717) is 30.6 Å². The van der Waals surface area contributed by atoms with Crippen LogP contribution in [0.3, 0.4) is 0 Å². The summed E-state index contributed by atoms with van der Waals surface area (Å²) in [5.41, 5.74) is 2.47. The second-order valence-electron chi connectivity index (χ2n) is 8.57. The molecule has 4 rings (SSSR count). The van der Waals surface area contributed by atoms with Crippen molar-refractivity contribution in [3.05, 3.63) is 58.8 Å². The van der Waals surface area contributed by atoms with Crippen LogP contribution in [0, 0.1) is 13.8 Å². The van der Waals surface area contributed by atoms with E-state index in [0.717, 1.165) is 36.5 Å². The van der Waals surface area contributed by atoms with Gasteiger partial charge in [-0.2, -0.15) is 0 Å². The van der Waals surface area contributed by atoms with Gasteiger partial charge in [0.15, 0.2) is 0 Å². The van der Waals surface area contributed by atoms with E-state index in [1.165, 1.54) is 0 Å². The molecule has 0 radical (unpaired) electrons. The number of nitrogens with zero attached hydrogens (tertiary/aromatic N) is 3. The first kappa shape index (κ1) is 21.8. The summed E-state index contributed by atoms with van der Waals surface area (Å²) in [4.78, 5) is 45.9. The van der Waals surface area contributed by atoms with Crippen molar-refractivity contribution in [2.75, 3.05) is 31.1 Å². The van der Waals surface area contributed by atoms with Crippen LogP contribution >= 0.6 is 0 Å². The van der Waals surface area contributed by atoms with E-state index < -0.39 is 11.6 Å². The Morgan fingerprint density at radius 1 is 1.09 bits per heavy atom. The Labute approximate surface area is 188 Å². The van der Waals surface area contributed by atoms with E-state index >= 15 is 0 Å². The standard InChI is InChI=1S/C24H29N5O3/c1-4-9-24(22(31)26-23(32)27-24)19-7-5-18(6-8-19)21(30)29-12-10-28(11-13-29)20-17(3)14-16(2)15-25-20/h5-8,14-15H,4,9-13H2,1-3H3,(H2,26,27,31,32)/t24-/m0/s1. The molecule has 0 aliphatic carbocycles. The zero-order valence-electron chi connectivity index (χ0n) is 18.8. The highest BCUT2D eigenvalue weighted by atomic mass is 16.2. The fraction of sp³-hybridized carbons (Fsp3) is 0.417. The van der Waals surface area contributed by atoms with Crippen molar-refractivity contribution in [3.63, 3.8) is 0 Å². The van der Waals surface area contributed by atoms with Crippen LogP contribution in [0.25, 0.3) is 0 Å². The molecule has 0 unspecified atom stereocenters. The van der Waals surface area contributed by atoms with Gasteiger partial charge in [-0.15, -0.1) is 0 Å². The van der Waals surface area contributed by atoms with Crippen molar-refractivity contribution >= 4 is 23.7 Å². The van der Waals surface area contributed by atoms with Gasteiger partial charge in [-0.05, 0) is 49.1 Å². The normalized spacial score (nSPS) is 20.8. The van der Waals surface area contributed by atoms with Gasteiger partial charge in [0.05, 0.1) is 0 Å². The predicted octanol–water partition coefficient (Wildman–Crippen LogP) is 2.50. The first-order valence-electron chi connectivity index (χ1n) is 11.1. The molecule has 32 heavy (non-hydrogen) atoms. The second-order valence-corrected chi connectivity index (χ2v) is 8.57. The summed E-state index contributed by atoms with van der Waals surface area (Å²) < 4.78 is 0. The summed E-state index contributed by atoms with van der Waals surface area (Å²) >= 11 is 0. The van der Waals surface area contributed by atoms with E-state index in [2.05, 4.69) is 33.5 Å². The number of hydrogen-bond acceptors (Lipinski definition) is 5. The number of aromatic nitrogens is 1. The molecule has 1 atom stereocenters. The molecule has 2 fully saturated rings. The number of aryl methyl sites for hydroxylation is 2. The quantitative estimate of drug-likeness (QED) is 0.704. The summed E-state index contributed by atoms with van der Waals surface area (Å²) in [6, 6.07) is 8.66. The van der Waals surface area contributed by atoms with Crippen molar-refractivity contribution < 1.29 is 14.4 Å². The fourth-order valence-corrected chi connectivity index (χ4v) is 4.63.